The van der Waals surface area contributed by atoms with Gasteiger partial charge >= 0.3 is 5.97 Å². The van der Waals surface area contributed by atoms with Crippen LogP contribution >= 0.6 is 22.9 Å². The Morgan fingerprint density at radius 3 is 3.00 bits per heavy atom. The van der Waals surface area contributed by atoms with E-state index in [4.69, 9.17) is 16.3 Å². The van der Waals surface area contributed by atoms with E-state index in [0.29, 0.717) is 16.4 Å². The summed E-state index contributed by atoms with van der Waals surface area (Å²) in [5, 5.41) is 5.31. The van der Waals surface area contributed by atoms with Gasteiger partial charge in [0.15, 0.2) is 10.8 Å². The van der Waals surface area contributed by atoms with Crippen molar-refractivity contribution < 1.29 is 13.9 Å². The molecule has 0 spiro atoms. The molecule has 3 rings (SSSR count). The van der Waals surface area contributed by atoms with E-state index in [1.54, 1.807) is 12.3 Å². The van der Waals surface area contributed by atoms with Gasteiger partial charge in [0.05, 0.1) is 17.7 Å². The van der Waals surface area contributed by atoms with Crippen molar-refractivity contribution in [2.75, 3.05) is 7.11 Å². The van der Waals surface area contributed by atoms with Crippen LogP contribution in [0.5, 0.6) is 0 Å². The SMILES string of the molecule is COC(=O)C1=CNC(c2nccs2)=NC1c1cccc(F)c1Cl. The van der Waals surface area contributed by atoms with Crippen molar-refractivity contribution in [3.05, 3.63) is 63.0 Å². The molecule has 1 aromatic carbocycles. The van der Waals surface area contributed by atoms with Crippen molar-refractivity contribution >= 4 is 34.7 Å². The Balaban J connectivity index is 2.09. The summed E-state index contributed by atoms with van der Waals surface area (Å²) < 4.78 is 18.5. The maximum atomic E-state index is 13.8. The van der Waals surface area contributed by atoms with Crippen LogP contribution in [0.2, 0.25) is 5.02 Å². The zero-order valence-electron chi connectivity index (χ0n) is 11.9. The van der Waals surface area contributed by atoms with Gasteiger partial charge in [0.1, 0.15) is 11.9 Å². The van der Waals surface area contributed by atoms with E-state index in [2.05, 4.69) is 15.3 Å². The standard InChI is InChI=1S/C15H11ClFN3O2S/c1-22-15(21)9-7-19-13(14-18-5-6-23-14)20-12(9)8-3-2-4-10(17)11(8)16/h2-7,12H,1H3,(H,19,20). The van der Waals surface area contributed by atoms with Crippen LogP contribution in [0.15, 0.2) is 46.5 Å². The zero-order chi connectivity index (χ0) is 16.4. The summed E-state index contributed by atoms with van der Waals surface area (Å²) in [4.78, 5) is 20.6. The quantitative estimate of drug-likeness (QED) is 0.863. The molecular weight excluding hydrogens is 341 g/mol. The molecule has 1 unspecified atom stereocenters. The first-order chi connectivity index (χ1) is 11.1. The number of rotatable bonds is 3. The average Bonchev–Trinajstić information content (AvgIpc) is 3.11. The molecule has 5 nitrogen and oxygen atoms in total. The average molecular weight is 352 g/mol. The molecule has 0 saturated carbocycles. The van der Waals surface area contributed by atoms with Gasteiger partial charge in [-0.25, -0.2) is 14.2 Å². The van der Waals surface area contributed by atoms with Gasteiger partial charge in [-0.2, -0.15) is 0 Å². The predicted molar refractivity (Wildman–Crippen MR) is 86.0 cm³/mol. The Bertz CT molecular complexity index is 805. The first kappa shape index (κ1) is 15.6. The molecule has 0 radical (unpaired) electrons. The van der Waals surface area contributed by atoms with E-state index in [9.17, 15) is 9.18 Å². The van der Waals surface area contributed by atoms with E-state index in [-0.39, 0.29) is 10.6 Å². The minimum Gasteiger partial charge on any atom is -0.466 e. The van der Waals surface area contributed by atoms with Crippen molar-refractivity contribution in [1.29, 1.82) is 0 Å². The highest BCUT2D eigenvalue weighted by atomic mass is 35.5. The molecule has 2 heterocycles. The van der Waals surface area contributed by atoms with Crippen LogP contribution in [0.25, 0.3) is 0 Å². The third-order valence-electron chi connectivity index (χ3n) is 3.25. The molecule has 8 heteroatoms. The summed E-state index contributed by atoms with van der Waals surface area (Å²) in [5.41, 5.74) is 0.624. The lowest BCUT2D eigenvalue weighted by molar-refractivity contribution is -0.136. The highest BCUT2D eigenvalue weighted by Gasteiger charge is 2.30. The fraction of sp³-hybridized carbons (Fsp3) is 0.133. The largest absolute Gasteiger partial charge is 0.466 e. The minimum atomic E-state index is -0.772. The number of ether oxygens (including phenoxy) is 1. The summed E-state index contributed by atoms with van der Waals surface area (Å²) in [7, 11) is 1.27. The lowest BCUT2D eigenvalue weighted by Gasteiger charge is -2.22. The molecule has 1 aliphatic heterocycles. The lowest BCUT2D eigenvalue weighted by Crippen LogP contribution is -2.28. The minimum absolute atomic E-state index is 0.0727. The van der Waals surface area contributed by atoms with Crippen molar-refractivity contribution in [2.24, 2.45) is 4.99 Å². The monoisotopic (exact) mass is 351 g/mol. The molecule has 0 bridgehead atoms. The summed E-state index contributed by atoms with van der Waals surface area (Å²) >= 11 is 7.45. The number of hydrogen-bond acceptors (Lipinski definition) is 6. The number of aliphatic imine (C=N–C) groups is 1. The molecule has 0 amide bonds. The summed E-state index contributed by atoms with van der Waals surface area (Å²) in [6.45, 7) is 0. The van der Waals surface area contributed by atoms with Crippen LogP contribution in [0.3, 0.4) is 0 Å². The molecule has 0 fully saturated rings. The molecule has 0 aliphatic carbocycles. The summed E-state index contributed by atoms with van der Waals surface area (Å²) in [5.74, 6) is -0.652. The number of methoxy groups -OCH3 is 1. The fourth-order valence-electron chi connectivity index (χ4n) is 2.18. The van der Waals surface area contributed by atoms with Crippen LogP contribution in [0, 0.1) is 5.82 Å². The summed E-state index contributed by atoms with van der Waals surface area (Å²) in [6.07, 6.45) is 3.13. The van der Waals surface area contributed by atoms with E-state index in [1.807, 2.05) is 5.38 Å². The molecule has 118 valence electrons. The number of nitrogens with one attached hydrogen (secondary N) is 1. The number of hydrogen-bond donors (Lipinski definition) is 1. The molecule has 1 atom stereocenters. The highest BCUT2D eigenvalue weighted by molar-refractivity contribution is 7.11. The molecular formula is C15H11ClFN3O2S. The molecule has 2 aromatic rings. The predicted octanol–water partition coefficient (Wildman–Crippen LogP) is 3.08. The van der Waals surface area contributed by atoms with Gasteiger partial charge in [0.25, 0.3) is 0 Å². The second kappa shape index (κ2) is 6.47. The number of aromatic nitrogens is 1. The number of thiazole rings is 1. The van der Waals surface area contributed by atoms with E-state index >= 15 is 0 Å². The van der Waals surface area contributed by atoms with Crippen LogP contribution in [-0.2, 0) is 9.53 Å². The van der Waals surface area contributed by atoms with Gasteiger partial charge in [-0.3, -0.25) is 4.99 Å². The topological polar surface area (TPSA) is 63.6 Å². The molecule has 23 heavy (non-hydrogen) atoms. The van der Waals surface area contributed by atoms with Crippen molar-refractivity contribution in [1.82, 2.24) is 10.3 Å². The first-order valence-electron chi connectivity index (χ1n) is 6.58. The number of esters is 1. The Kier molecular flexibility index (Phi) is 4.40. The van der Waals surface area contributed by atoms with Gasteiger partial charge in [0, 0.05) is 23.3 Å². The maximum Gasteiger partial charge on any atom is 0.337 e. The van der Waals surface area contributed by atoms with Crippen molar-refractivity contribution in [3.8, 4) is 0 Å². The van der Waals surface area contributed by atoms with Gasteiger partial charge < -0.3 is 10.1 Å². The number of carbonyl (C=O) groups excluding carboxylic acids is 1. The Morgan fingerprint density at radius 1 is 1.48 bits per heavy atom. The first-order valence-corrected chi connectivity index (χ1v) is 7.84. The van der Waals surface area contributed by atoms with Crippen LogP contribution in [0.1, 0.15) is 16.6 Å². The molecule has 1 aliphatic rings. The van der Waals surface area contributed by atoms with Crippen LogP contribution in [-0.4, -0.2) is 23.9 Å². The van der Waals surface area contributed by atoms with Crippen molar-refractivity contribution in [3.63, 3.8) is 0 Å². The zero-order valence-corrected chi connectivity index (χ0v) is 13.5. The van der Waals surface area contributed by atoms with E-state index in [1.165, 1.54) is 36.8 Å². The van der Waals surface area contributed by atoms with Gasteiger partial charge in [0.2, 0.25) is 0 Å². The Hall–Kier alpha value is -2.25. The van der Waals surface area contributed by atoms with E-state index < -0.39 is 17.8 Å². The lowest BCUT2D eigenvalue weighted by atomic mass is 9.98. The maximum absolute atomic E-state index is 13.8. The second-order valence-corrected chi connectivity index (χ2v) is 5.87. The smallest absolute Gasteiger partial charge is 0.337 e. The molecule has 0 saturated heterocycles. The highest BCUT2D eigenvalue weighted by Crippen LogP contribution is 2.35. The van der Waals surface area contributed by atoms with Gasteiger partial charge in [-0.15, -0.1) is 11.3 Å². The van der Waals surface area contributed by atoms with Crippen LogP contribution in [0.4, 0.5) is 4.39 Å². The summed E-state index contributed by atoms with van der Waals surface area (Å²) in [6, 6.07) is 3.62. The molecule has 1 N–H and O–H groups in total. The van der Waals surface area contributed by atoms with Crippen LogP contribution < -0.4 is 5.32 Å². The fourth-order valence-corrected chi connectivity index (χ4v) is 3.00. The number of amidine groups is 1. The third-order valence-corrected chi connectivity index (χ3v) is 4.43. The number of carbonyl (C=O) groups is 1. The van der Waals surface area contributed by atoms with Crippen molar-refractivity contribution in [2.45, 2.75) is 6.04 Å². The molecule has 1 aromatic heterocycles. The number of nitrogens with zero attached hydrogens (tertiary/aromatic N) is 2. The normalized spacial score (nSPS) is 17.1. The Labute approximate surface area is 140 Å². The van der Waals surface area contributed by atoms with Gasteiger partial charge in [-0.05, 0) is 6.07 Å². The Morgan fingerprint density at radius 2 is 2.30 bits per heavy atom. The second-order valence-electron chi connectivity index (χ2n) is 4.60. The van der Waals surface area contributed by atoms with E-state index in [0.717, 1.165) is 0 Å². The van der Waals surface area contributed by atoms with Gasteiger partial charge in [-0.1, -0.05) is 23.7 Å². The number of halogens is 2. The third kappa shape index (κ3) is 2.97. The number of benzene rings is 1.